The number of fused-ring (bicyclic) bond motifs is 3. The number of benzene rings is 1. The molecule has 2 aliphatic rings. The number of aromatic nitrogens is 2. The molecular weight excluding hydrogens is 229 g/mol. The second kappa shape index (κ2) is 3.79. The Kier molecular flexibility index (Phi) is 2.21. The maximum Gasteiger partial charge on any atom is 0.125 e. The average molecular weight is 245 g/mol. The van der Waals surface area contributed by atoms with Crippen molar-refractivity contribution in [1.82, 2.24) is 15.5 Å². The summed E-state index contributed by atoms with van der Waals surface area (Å²) >= 11 is 0. The average Bonchev–Trinajstić information content (AvgIpc) is 2.92. The van der Waals surface area contributed by atoms with Gasteiger partial charge in [0.2, 0.25) is 0 Å². The van der Waals surface area contributed by atoms with Crippen LogP contribution in [0.5, 0.6) is 0 Å². The van der Waals surface area contributed by atoms with Crippen molar-refractivity contribution in [2.24, 2.45) is 0 Å². The number of hydrogen-bond acceptors (Lipinski definition) is 2. The lowest BCUT2D eigenvalue weighted by molar-refractivity contribution is 0.360. The van der Waals surface area contributed by atoms with Crippen molar-refractivity contribution in [3.05, 3.63) is 29.7 Å². The Morgan fingerprint density at radius 2 is 1.94 bits per heavy atom. The maximum atomic E-state index is 13.2. The summed E-state index contributed by atoms with van der Waals surface area (Å²) in [6, 6.07) is 6.22. The van der Waals surface area contributed by atoms with Crippen molar-refractivity contribution >= 4 is 10.9 Å². The number of hydrogen-bond donors (Lipinski definition) is 2. The third-order valence-corrected chi connectivity index (χ3v) is 4.41. The molecule has 2 fully saturated rings. The Morgan fingerprint density at radius 3 is 2.72 bits per heavy atom. The zero-order chi connectivity index (χ0) is 12.1. The highest BCUT2D eigenvalue weighted by Crippen LogP contribution is 2.38. The van der Waals surface area contributed by atoms with Crippen LogP contribution in [-0.2, 0) is 0 Å². The van der Waals surface area contributed by atoms with Crippen LogP contribution in [0, 0.1) is 5.82 Å². The van der Waals surface area contributed by atoms with E-state index in [2.05, 4.69) is 15.5 Å². The van der Waals surface area contributed by atoms with Crippen LogP contribution in [0.25, 0.3) is 10.9 Å². The van der Waals surface area contributed by atoms with Gasteiger partial charge in [-0.2, -0.15) is 5.10 Å². The van der Waals surface area contributed by atoms with Crippen molar-refractivity contribution in [2.75, 3.05) is 0 Å². The predicted molar refractivity (Wildman–Crippen MR) is 68.0 cm³/mol. The van der Waals surface area contributed by atoms with Crippen LogP contribution in [0.3, 0.4) is 0 Å². The van der Waals surface area contributed by atoms with Gasteiger partial charge >= 0.3 is 0 Å². The number of piperidine rings is 1. The van der Waals surface area contributed by atoms with Crippen molar-refractivity contribution in [2.45, 2.75) is 43.7 Å². The largest absolute Gasteiger partial charge is 0.311 e. The molecular formula is C14H16FN3. The second-order valence-electron chi connectivity index (χ2n) is 5.60. The number of aromatic amines is 1. The van der Waals surface area contributed by atoms with E-state index in [0.717, 1.165) is 29.4 Å². The molecule has 94 valence electrons. The van der Waals surface area contributed by atoms with Crippen LogP contribution >= 0.6 is 0 Å². The molecule has 0 aliphatic carbocycles. The lowest BCUT2D eigenvalue weighted by Crippen LogP contribution is -2.37. The van der Waals surface area contributed by atoms with Crippen molar-refractivity contribution in [1.29, 1.82) is 0 Å². The van der Waals surface area contributed by atoms with Gasteiger partial charge in [0.05, 0.1) is 11.2 Å². The maximum absolute atomic E-state index is 13.2. The van der Waals surface area contributed by atoms with E-state index in [-0.39, 0.29) is 5.82 Å². The van der Waals surface area contributed by atoms with E-state index in [4.69, 9.17) is 0 Å². The normalized spacial score (nSPS) is 31.1. The van der Waals surface area contributed by atoms with Crippen molar-refractivity contribution in [3.63, 3.8) is 0 Å². The Bertz CT molecular complexity index is 580. The molecule has 2 unspecified atom stereocenters. The molecule has 18 heavy (non-hydrogen) atoms. The Balaban J connectivity index is 1.74. The molecule has 0 spiro atoms. The third-order valence-electron chi connectivity index (χ3n) is 4.41. The summed E-state index contributed by atoms with van der Waals surface area (Å²) in [5.74, 6) is 0.311. The number of rotatable bonds is 1. The number of nitrogens with zero attached hydrogens (tertiary/aromatic N) is 1. The SMILES string of the molecule is Fc1ccc2c(C3CC4CCC(C3)N4)n[nH]c2c1. The molecule has 0 radical (unpaired) electrons. The van der Waals surface area contributed by atoms with Gasteiger partial charge in [0.25, 0.3) is 0 Å². The highest BCUT2D eigenvalue weighted by Gasteiger charge is 2.35. The smallest absolute Gasteiger partial charge is 0.125 e. The van der Waals surface area contributed by atoms with Crippen LogP contribution in [0.4, 0.5) is 4.39 Å². The molecule has 2 bridgehead atoms. The van der Waals surface area contributed by atoms with Gasteiger partial charge in [0.1, 0.15) is 5.82 Å². The second-order valence-corrected chi connectivity index (χ2v) is 5.60. The van der Waals surface area contributed by atoms with Gasteiger partial charge in [-0.25, -0.2) is 4.39 Å². The molecule has 2 saturated heterocycles. The van der Waals surface area contributed by atoms with Crippen LogP contribution in [0.15, 0.2) is 18.2 Å². The minimum Gasteiger partial charge on any atom is -0.311 e. The highest BCUT2D eigenvalue weighted by atomic mass is 19.1. The fourth-order valence-corrected chi connectivity index (χ4v) is 3.60. The minimum atomic E-state index is -0.205. The fraction of sp³-hybridized carbons (Fsp3) is 0.500. The summed E-state index contributed by atoms with van der Waals surface area (Å²) in [6.07, 6.45) is 4.90. The molecule has 0 saturated carbocycles. The molecule has 3 nitrogen and oxygen atoms in total. The number of nitrogens with one attached hydrogen (secondary N) is 2. The molecule has 1 aromatic carbocycles. The zero-order valence-electron chi connectivity index (χ0n) is 10.1. The van der Waals surface area contributed by atoms with Crippen LogP contribution in [0.2, 0.25) is 0 Å². The van der Waals surface area contributed by atoms with Crippen LogP contribution in [-0.4, -0.2) is 22.3 Å². The molecule has 2 atom stereocenters. The first-order valence-electron chi connectivity index (χ1n) is 6.69. The van der Waals surface area contributed by atoms with Gasteiger partial charge in [-0.15, -0.1) is 0 Å². The first-order chi connectivity index (χ1) is 8.79. The summed E-state index contributed by atoms with van der Waals surface area (Å²) in [6.45, 7) is 0. The first kappa shape index (κ1) is 10.5. The standard InChI is InChI=1S/C14H16FN3/c15-9-1-4-12-13(7-9)17-18-14(12)8-5-10-2-3-11(6-8)16-10/h1,4,7-8,10-11,16H,2-3,5-6H2,(H,17,18). The Morgan fingerprint density at radius 1 is 1.17 bits per heavy atom. The minimum absolute atomic E-state index is 0.205. The van der Waals surface area contributed by atoms with Gasteiger partial charge in [-0.1, -0.05) is 0 Å². The summed E-state index contributed by atoms with van der Waals surface area (Å²) < 4.78 is 13.2. The lowest BCUT2D eigenvalue weighted by atomic mass is 9.88. The van der Waals surface area contributed by atoms with Crippen molar-refractivity contribution < 1.29 is 4.39 Å². The predicted octanol–water partition coefficient (Wildman–Crippen LogP) is 2.70. The van der Waals surface area contributed by atoms with Gasteiger partial charge in [-0.3, -0.25) is 5.10 Å². The molecule has 3 heterocycles. The highest BCUT2D eigenvalue weighted by molar-refractivity contribution is 5.81. The van der Waals surface area contributed by atoms with E-state index in [1.165, 1.54) is 25.0 Å². The van der Waals surface area contributed by atoms with E-state index in [1.54, 1.807) is 0 Å². The van der Waals surface area contributed by atoms with E-state index in [0.29, 0.717) is 18.0 Å². The Hall–Kier alpha value is -1.42. The summed E-state index contributed by atoms with van der Waals surface area (Å²) in [5, 5.41) is 12.1. The van der Waals surface area contributed by atoms with Gasteiger partial charge < -0.3 is 5.32 Å². The van der Waals surface area contributed by atoms with Gasteiger partial charge in [0.15, 0.2) is 0 Å². The topological polar surface area (TPSA) is 40.7 Å². The quantitative estimate of drug-likeness (QED) is 0.811. The summed E-state index contributed by atoms with van der Waals surface area (Å²) in [7, 11) is 0. The summed E-state index contributed by atoms with van der Waals surface area (Å²) in [4.78, 5) is 0. The zero-order valence-corrected chi connectivity index (χ0v) is 10.1. The molecule has 4 heteroatoms. The molecule has 0 amide bonds. The van der Waals surface area contributed by atoms with E-state index in [1.807, 2.05) is 6.07 Å². The van der Waals surface area contributed by atoms with E-state index >= 15 is 0 Å². The molecule has 1 aromatic heterocycles. The van der Waals surface area contributed by atoms with E-state index < -0.39 is 0 Å². The van der Waals surface area contributed by atoms with Crippen LogP contribution in [0.1, 0.15) is 37.3 Å². The van der Waals surface area contributed by atoms with Crippen molar-refractivity contribution in [3.8, 4) is 0 Å². The van der Waals surface area contributed by atoms with Crippen LogP contribution < -0.4 is 5.32 Å². The monoisotopic (exact) mass is 245 g/mol. The van der Waals surface area contributed by atoms with Gasteiger partial charge in [-0.05, 0) is 43.9 Å². The van der Waals surface area contributed by atoms with E-state index in [9.17, 15) is 4.39 Å². The van der Waals surface area contributed by atoms with Gasteiger partial charge in [0, 0.05) is 23.4 Å². The number of halogens is 1. The third kappa shape index (κ3) is 1.56. The lowest BCUT2D eigenvalue weighted by Gasteiger charge is -2.28. The Labute approximate surface area is 105 Å². The first-order valence-corrected chi connectivity index (χ1v) is 6.69. The number of H-pyrrole nitrogens is 1. The molecule has 2 aliphatic heterocycles. The molecule has 2 N–H and O–H groups in total. The summed E-state index contributed by atoms with van der Waals surface area (Å²) in [5.41, 5.74) is 1.94. The molecule has 2 aromatic rings. The fourth-order valence-electron chi connectivity index (χ4n) is 3.60. The molecule has 4 rings (SSSR count).